The maximum Gasteiger partial charge on any atom is 0.0402 e. The molecule has 0 radical (unpaired) electrons. The molecule has 0 atom stereocenters. The Hall–Kier alpha value is -0.900. The van der Waals surface area contributed by atoms with Gasteiger partial charge in [-0.15, -0.1) is 0 Å². The molecule has 1 rings (SSSR count). The van der Waals surface area contributed by atoms with Gasteiger partial charge < -0.3 is 16.6 Å². The molecular formula is C10H18N2O. The number of rotatable bonds is 2. The van der Waals surface area contributed by atoms with Crippen LogP contribution in [-0.2, 0) is 13.1 Å². The summed E-state index contributed by atoms with van der Waals surface area (Å²) in [5.74, 6) is 0. The Balaban J connectivity index is 0.000000424. The fourth-order valence-corrected chi connectivity index (χ4v) is 0.884. The van der Waals surface area contributed by atoms with Gasteiger partial charge in [-0.05, 0) is 18.1 Å². The SMILES string of the molecule is CCO.NCc1cccc(CN)c1. The van der Waals surface area contributed by atoms with E-state index in [4.69, 9.17) is 16.6 Å². The molecule has 0 saturated heterocycles. The van der Waals surface area contributed by atoms with Gasteiger partial charge >= 0.3 is 0 Å². The fourth-order valence-electron chi connectivity index (χ4n) is 0.884. The molecule has 0 aromatic heterocycles. The summed E-state index contributed by atoms with van der Waals surface area (Å²) in [5, 5.41) is 7.57. The number of benzene rings is 1. The molecule has 0 bridgehead atoms. The molecule has 0 saturated carbocycles. The van der Waals surface area contributed by atoms with Gasteiger partial charge in [-0.3, -0.25) is 0 Å². The molecule has 1 aromatic carbocycles. The van der Waals surface area contributed by atoms with Crippen LogP contribution in [0.5, 0.6) is 0 Å². The van der Waals surface area contributed by atoms with Crippen molar-refractivity contribution in [2.75, 3.05) is 6.61 Å². The maximum absolute atomic E-state index is 7.57. The molecule has 0 heterocycles. The summed E-state index contributed by atoms with van der Waals surface area (Å²) in [6.07, 6.45) is 0. The highest BCUT2D eigenvalue weighted by Gasteiger charge is 1.89. The maximum atomic E-state index is 7.57. The summed E-state index contributed by atoms with van der Waals surface area (Å²) < 4.78 is 0. The predicted octanol–water partition coefficient (Wildman–Crippen LogP) is 0.603. The van der Waals surface area contributed by atoms with Crippen LogP contribution in [0.3, 0.4) is 0 Å². The van der Waals surface area contributed by atoms with Crippen molar-refractivity contribution >= 4 is 0 Å². The summed E-state index contributed by atoms with van der Waals surface area (Å²) >= 11 is 0. The molecule has 0 spiro atoms. The minimum absolute atomic E-state index is 0.250. The molecule has 0 aliphatic rings. The van der Waals surface area contributed by atoms with Crippen LogP contribution in [0.25, 0.3) is 0 Å². The molecule has 3 heteroatoms. The average molecular weight is 182 g/mol. The fraction of sp³-hybridized carbons (Fsp3) is 0.400. The van der Waals surface area contributed by atoms with Crippen LogP contribution in [0.1, 0.15) is 18.1 Å². The van der Waals surface area contributed by atoms with Crippen molar-refractivity contribution in [1.82, 2.24) is 0 Å². The highest BCUT2D eigenvalue weighted by molar-refractivity contribution is 5.22. The largest absolute Gasteiger partial charge is 0.397 e. The number of hydrogen-bond acceptors (Lipinski definition) is 3. The van der Waals surface area contributed by atoms with Crippen molar-refractivity contribution in [3.05, 3.63) is 35.4 Å². The average Bonchev–Trinajstić information content (AvgIpc) is 2.19. The smallest absolute Gasteiger partial charge is 0.0402 e. The molecule has 0 aliphatic carbocycles. The van der Waals surface area contributed by atoms with E-state index in [0.29, 0.717) is 13.1 Å². The van der Waals surface area contributed by atoms with Gasteiger partial charge in [0.05, 0.1) is 0 Å². The van der Waals surface area contributed by atoms with Crippen LogP contribution >= 0.6 is 0 Å². The van der Waals surface area contributed by atoms with Gasteiger partial charge in [0.25, 0.3) is 0 Å². The van der Waals surface area contributed by atoms with Gasteiger partial charge in [-0.1, -0.05) is 24.3 Å². The van der Waals surface area contributed by atoms with E-state index in [9.17, 15) is 0 Å². The lowest BCUT2D eigenvalue weighted by Gasteiger charge is -1.98. The Morgan fingerprint density at radius 2 is 1.54 bits per heavy atom. The number of aliphatic hydroxyl groups excluding tert-OH is 1. The predicted molar refractivity (Wildman–Crippen MR) is 55.0 cm³/mol. The quantitative estimate of drug-likeness (QED) is 0.627. The second kappa shape index (κ2) is 7.73. The zero-order chi connectivity index (χ0) is 10.1. The summed E-state index contributed by atoms with van der Waals surface area (Å²) in [5.41, 5.74) is 13.1. The van der Waals surface area contributed by atoms with Crippen LogP contribution < -0.4 is 11.5 Å². The van der Waals surface area contributed by atoms with Crippen LogP contribution in [-0.4, -0.2) is 11.7 Å². The van der Waals surface area contributed by atoms with Crippen molar-refractivity contribution in [3.63, 3.8) is 0 Å². The lowest BCUT2D eigenvalue weighted by atomic mass is 10.1. The third-order valence-corrected chi connectivity index (χ3v) is 1.46. The molecule has 0 aliphatic heterocycles. The molecule has 0 amide bonds. The van der Waals surface area contributed by atoms with Crippen molar-refractivity contribution in [1.29, 1.82) is 0 Å². The zero-order valence-electron chi connectivity index (χ0n) is 8.03. The third-order valence-electron chi connectivity index (χ3n) is 1.46. The molecule has 0 unspecified atom stereocenters. The van der Waals surface area contributed by atoms with Crippen LogP contribution in [0.4, 0.5) is 0 Å². The normalized spacial score (nSPS) is 8.92. The van der Waals surface area contributed by atoms with Crippen LogP contribution in [0.15, 0.2) is 24.3 Å². The second-order valence-corrected chi connectivity index (χ2v) is 2.54. The lowest BCUT2D eigenvalue weighted by Crippen LogP contribution is -2.00. The first-order chi connectivity index (χ1) is 6.28. The van der Waals surface area contributed by atoms with E-state index < -0.39 is 0 Å². The van der Waals surface area contributed by atoms with Gasteiger partial charge in [0.1, 0.15) is 0 Å². The Morgan fingerprint density at radius 1 is 1.15 bits per heavy atom. The number of aliphatic hydroxyl groups is 1. The summed E-state index contributed by atoms with van der Waals surface area (Å²) in [7, 11) is 0. The Morgan fingerprint density at radius 3 is 1.85 bits per heavy atom. The highest BCUT2D eigenvalue weighted by Crippen LogP contribution is 2.02. The standard InChI is InChI=1S/C8H12N2.C2H6O/c9-5-7-2-1-3-8(4-7)6-10;1-2-3/h1-4H,5-6,9-10H2;3H,2H2,1H3. The van der Waals surface area contributed by atoms with Crippen molar-refractivity contribution < 1.29 is 5.11 Å². The van der Waals surface area contributed by atoms with Crippen LogP contribution in [0.2, 0.25) is 0 Å². The number of nitrogens with two attached hydrogens (primary N) is 2. The first-order valence-electron chi connectivity index (χ1n) is 4.37. The van der Waals surface area contributed by atoms with Gasteiger partial charge in [0.15, 0.2) is 0 Å². The molecule has 3 nitrogen and oxygen atoms in total. The minimum Gasteiger partial charge on any atom is -0.397 e. The molecule has 5 N–H and O–H groups in total. The Kier molecular flexibility index (Phi) is 7.20. The van der Waals surface area contributed by atoms with Crippen molar-refractivity contribution in [3.8, 4) is 0 Å². The van der Waals surface area contributed by atoms with E-state index in [0.717, 1.165) is 11.1 Å². The molecule has 13 heavy (non-hydrogen) atoms. The topological polar surface area (TPSA) is 72.3 Å². The van der Waals surface area contributed by atoms with Crippen molar-refractivity contribution in [2.24, 2.45) is 11.5 Å². The van der Waals surface area contributed by atoms with Crippen LogP contribution in [0, 0.1) is 0 Å². The Labute approximate surface area is 79.4 Å². The number of hydrogen-bond donors (Lipinski definition) is 3. The van der Waals surface area contributed by atoms with E-state index in [-0.39, 0.29) is 6.61 Å². The second-order valence-electron chi connectivity index (χ2n) is 2.54. The van der Waals surface area contributed by atoms with Crippen molar-refractivity contribution in [2.45, 2.75) is 20.0 Å². The summed E-state index contributed by atoms with van der Waals surface area (Å²) in [4.78, 5) is 0. The van der Waals surface area contributed by atoms with Gasteiger partial charge in [0.2, 0.25) is 0 Å². The summed E-state index contributed by atoms with van der Waals surface area (Å²) in [6.45, 7) is 3.11. The van der Waals surface area contributed by atoms with E-state index in [1.807, 2.05) is 24.3 Å². The zero-order valence-corrected chi connectivity index (χ0v) is 8.03. The van der Waals surface area contributed by atoms with E-state index in [1.54, 1.807) is 6.92 Å². The van der Waals surface area contributed by atoms with E-state index >= 15 is 0 Å². The Bertz CT molecular complexity index is 207. The van der Waals surface area contributed by atoms with Gasteiger partial charge in [-0.25, -0.2) is 0 Å². The highest BCUT2D eigenvalue weighted by atomic mass is 16.2. The first-order valence-corrected chi connectivity index (χ1v) is 4.37. The minimum atomic E-state index is 0.250. The van der Waals surface area contributed by atoms with E-state index in [1.165, 1.54) is 0 Å². The first kappa shape index (κ1) is 12.1. The lowest BCUT2D eigenvalue weighted by molar-refractivity contribution is 0.318. The van der Waals surface area contributed by atoms with E-state index in [2.05, 4.69) is 0 Å². The van der Waals surface area contributed by atoms with Gasteiger partial charge in [-0.2, -0.15) is 0 Å². The van der Waals surface area contributed by atoms with Gasteiger partial charge in [0, 0.05) is 19.7 Å². The monoisotopic (exact) mass is 182 g/mol. The molecule has 74 valence electrons. The summed E-state index contributed by atoms with van der Waals surface area (Å²) in [6, 6.07) is 8.00. The molecule has 1 aromatic rings. The molecule has 0 fully saturated rings. The molecular weight excluding hydrogens is 164 g/mol. The third kappa shape index (κ3) is 5.36.